The molecule has 0 aromatic carbocycles. The van der Waals surface area contributed by atoms with Gasteiger partial charge in [0.25, 0.3) is 0 Å². The molecule has 10 nitrogen and oxygen atoms in total. The number of carbonyl (C=O) groups excluding carboxylic acids is 4. The number of hydrogen-bond acceptors (Lipinski definition) is 10. The summed E-state index contributed by atoms with van der Waals surface area (Å²) < 4.78 is 0. The Morgan fingerprint density at radius 3 is 1.04 bits per heavy atom. The molecule has 13 heteroatoms. The van der Waals surface area contributed by atoms with Crippen molar-refractivity contribution in [2.75, 3.05) is 26.2 Å². The second-order valence-corrected chi connectivity index (χ2v) is 5.72. The molecule has 0 amide bonds. The molecule has 1 aliphatic carbocycles. The minimum atomic E-state index is -1.49. The normalized spacial score (nSPS) is 18.6. The number of nitrogens with zero attached hydrogens (tertiary/aromatic N) is 2. The van der Waals surface area contributed by atoms with E-state index in [1.54, 1.807) is 0 Å². The number of carbonyl (C=O) groups is 4. The van der Waals surface area contributed by atoms with E-state index in [4.69, 9.17) is 0 Å². The first-order chi connectivity index (χ1) is 11.2. The van der Waals surface area contributed by atoms with E-state index in [-0.39, 0.29) is 79.5 Å². The largest absolute Gasteiger partial charge is 2.00 e. The van der Waals surface area contributed by atoms with Crippen molar-refractivity contribution in [3.63, 3.8) is 0 Å². The van der Waals surface area contributed by atoms with E-state index in [1.807, 2.05) is 0 Å². The van der Waals surface area contributed by atoms with Gasteiger partial charge in [-0.3, -0.25) is 9.80 Å². The van der Waals surface area contributed by atoms with Crippen molar-refractivity contribution < 1.29 is 119 Å². The summed E-state index contributed by atoms with van der Waals surface area (Å²) in [6.07, 6.45) is 2.12. The van der Waals surface area contributed by atoms with Gasteiger partial charge in [-0.25, -0.2) is 0 Å². The van der Waals surface area contributed by atoms with Crippen LogP contribution in [0.2, 0.25) is 0 Å². The van der Waals surface area contributed by atoms with Crippen LogP contribution in [0.3, 0.4) is 0 Å². The summed E-state index contributed by atoms with van der Waals surface area (Å²) >= 11 is 0. The maximum absolute atomic E-state index is 10.9. The molecule has 1 aliphatic rings. The topological polar surface area (TPSA) is 167 Å². The van der Waals surface area contributed by atoms with Crippen molar-refractivity contribution >= 4 is 23.9 Å². The molecular formula is C14H18N2Na2O8Pd. The number of rotatable bonds is 10. The summed E-state index contributed by atoms with van der Waals surface area (Å²) in [4.78, 5) is 45.7. The molecule has 2 atom stereocenters. The molecule has 0 N–H and O–H groups in total. The first-order valence-electron chi connectivity index (χ1n) is 7.48. The van der Waals surface area contributed by atoms with Crippen LogP contribution in [0.25, 0.3) is 0 Å². The SMILES string of the molecule is O=C([O-])CN(CC(=O)[O-])C1CCCCC1N(CC(=O)[O-])CC(=O)[O-].[Na+].[Na+].[Pd+2]. The van der Waals surface area contributed by atoms with Crippen LogP contribution >= 0.6 is 0 Å². The van der Waals surface area contributed by atoms with Crippen LogP contribution in [0.1, 0.15) is 25.7 Å². The van der Waals surface area contributed by atoms with Gasteiger partial charge in [0.1, 0.15) is 0 Å². The maximum Gasteiger partial charge on any atom is 2.00 e. The number of aliphatic carboxylic acids is 4. The predicted octanol–water partition coefficient (Wildman–Crippen LogP) is -12.1. The van der Waals surface area contributed by atoms with Crippen molar-refractivity contribution in [2.45, 2.75) is 37.8 Å². The first-order valence-corrected chi connectivity index (χ1v) is 7.48. The average Bonchev–Trinajstić information content (AvgIpc) is 2.44. The molecule has 0 aromatic rings. The summed E-state index contributed by atoms with van der Waals surface area (Å²) in [6.45, 7) is -2.72. The molecule has 0 saturated heterocycles. The molecule has 144 valence electrons. The van der Waals surface area contributed by atoms with Crippen LogP contribution in [-0.4, -0.2) is 71.9 Å². The van der Waals surface area contributed by atoms with E-state index in [0.29, 0.717) is 25.7 Å². The van der Waals surface area contributed by atoms with Crippen LogP contribution in [0.5, 0.6) is 0 Å². The zero-order chi connectivity index (χ0) is 18.3. The van der Waals surface area contributed by atoms with Gasteiger partial charge in [0.2, 0.25) is 0 Å². The Morgan fingerprint density at radius 2 is 0.852 bits per heavy atom. The van der Waals surface area contributed by atoms with Crippen LogP contribution in [0, 0.1) is 0 Å². The van der Waals surface area contributed by atoms with Crippen molar-refractivity contribution in [1.29, 1.82) is 0 Å². The quantitative estimate of drug-likeness (QED) is 0.266. The summed E-state index contributed by atoms with van der Waals surface area (Å²) in [5, 5.41) is 43.5. The van der Waals surface area contributed by atoms with Gasteiger partial charge in [0.05, 0.1) is 23.9 Å². The summed E-state index contributed by atoms with van der Waals surface area (Å²) in [6, 6.07) is -1.32. The Hall–Kier alpha value is 0.462. The molecule has 0 spiro atoms. The van der Waals surface area contributed by atoms with Gasteiger partial charge < -0.3 is 39.6 Å². The first kappa shape index (κ1) is 32.1. The van der Waals surface area contributed by atoms with Crippen LogP contribution in [0.15, 0.2) is 0 Å². The molecule has 0 heterocycles. The Labute approximate surface area is 214 Å². The van der Waals surface area contributed by atoms with E-state index in [2.05, 4.69) is 0 Å². The standard InChI is InChI=1S/C14H22N2O8.2Na.Pd/c17-11(18)5-15(6-12(19)20)9-3-1-2-4-10(9)16(7-13(21)22)8-14(23)24;;;/h9-10H,1-8H2,(H,17,18)(H,19,20)(H,21,22)(H,23,24);;;/q;2*+1;+2/p-4. The Balaban J connectivity index is -0.00000192. The third-order valence-electron chi connectivity index (χ3n) is 3.96. The molecule has 0 radical (unpaired) electrons. The number of carboxylic acids is 4. The molecule has 1 saturated carbocycles. The van der Waals surface area contributed by atoms with E-state index >= 15 is 0 Å². The van der Waals surface area contributed by atoms with Gasteiger partial charge in [0.15, 0.2) is 0 Å². The van der Waals surface area contributed by atoms with Crippen LogP contribution < -0.4 is 79.5 Å². The molecule has 2 unspecified atom stereocenters. The average molecular weight is 495 g/mol. The summed E-state index contributed by atoms with van der Waals surface area (Å²) in [5.74, 6) is -5.97. The monoisotopic (exact) mass is 494 g/mol. The van der Waals surface area contributed by atoms with Crippen molar-refractivity contribution in [3.8, 4) is 0 Å². The van der Waals surface area contributed by atoms with Gasteiger partial charge in [0, 0.05) is 38.3 Å². The smallest absolute Gasteiger partial charge is 0.549 e. The fourth-order valence-corrected chi connectivity index (χ4v) is 3.19. The van der Waals surface area contributed by atoms with Crippen LogP contribution in [-0.2, 0) is 39.6 Å². The molecule has 0 bridgehead atoms. The van der Waals surface area contributed by atoms with Crippen LogP contribution in [0.4, 0.5) is 0 Å². The zero-order valence-electron chi connectivity index (χ0n) is 15.3. The van der Waals surface area contributed by atoms with E-state index in [9.17, 15) is 39.6 Å². The minimum Gasteiger partial charge on any atom is -0.549 e. The zero-order valence-corrected chi connectivity index (χ0v) is 20.8. The van der Waals surface area contributed by atoms with Crippen molar-refractivity contribution in [2.24, 2.45) is 0 Å². The summed E-state index contributed by atoms with van der Waals surface area (Å²) in [5.41, 5.74) is 0. The van der Waals surface area contributed by atoms with Crippen molar-refractivity contribution in [1.82, 2.24) is 9.80 Å². The van der Waals surface area contributed by atoms with Crippen molar-refractivity contribution in [3.05, 3.63) is 0 Å². The predicted molar refractivity (Wildman–Crippen MR) is 69.2 cm³/mol. The van der Waals surface area contributed by atoms with E-state index in [1.165, 1.54) is 0 Å². The van der Waals surface area contributed by atoms with E-state index in [0.717, 1.165) is 9.80 Å². The minimum absolute atomic E-state index is 0. The maximum atomic E-state index is 10.9. The fourth-order valence-electron chi connectivity index (χ4n) is 3.19. The van der Waals surface area contributed by atoms with E-state index < -0.39 is 62.1 Å². The Kier molecular flexibility index (Phi) is 19.4. The molecule has 0 aromatic heterocycles. The van der Waals surface area contributed by atoms with Gasteiger partial charge in [-0.1, -0.05) is 12.8 Å². The number of hydrogen-bond donors (Lipinski definition) is 0. The number of carboxylic acid groups (broad SMARTS) is 4. The molecular weight excluding hydrogens is 477 g/mol. The molecule has 27 heavy (non-hydrogen) atoms. The Morgan fingerprint density at radius 1 is 0.630 bits per heavy atom. The molecule has 1 fully saturated rings. The third-order valence-corrected chi connectivity index (χ3v) is 3.96. The van der Waals surface area contributed by atoms with Gasteiger partial charge >= 0.3 is 79.5 Å². The molecule has 0 aliphatic heterocycles. The van der Waals surface area contributed by atoms with Gasteiger partial charge in [-0.15, -0.1) is 0 Å². The summed E-state index contributed by atoms with van der Waals surface area (Å²) in [7, 11) is 0. The van der Waals surface area contributed by atoms with Gasteiger partial charge in [-0.2, -0.15) is 0 Å². The van der Waals surface area contributed by atoms with Gasteiger partial charge in [-0.05, 0) is 12.8 Å². The second-order valence-electron chi connectivity index (χ2n) is 5.72. The Bertz CT molecular complexity index is 436. The molecule has 1 rings (SSSR count). The second kappa shape index (κ2) is 16.3. The fraction of sp³-hybridized carbons (Fsp3) is 0.714. The third kappa shape index (κ3) is 12.6.